The molecule has 0 aliphatic carbocycles. The molecule has 0 aromatic heterocycles. The summed E-state index contributed by atoms with van der Waals surface area (Å²) in [5.41, 5.74) is 0. The SMILES string of the molecule is CC/C=C\C/C=C\C/C=C\C/C=C\C/C=C\CCCCCCCCCCCCCCCCCCCCCCCC(=O)OC(COC(=O)CCCCCCCCCCCCCCCCCCCCCCCCCCCCCCC/C=C\C/C=C\CCCCCCC)COC(OCC[N+](C)(C)C)C(=O)[O-]. The molecule has 0 aliphatic rings. The van der Waals surface area contributed by atoms with Gasteiger partial charge in [-0.15, -0.1) is 0 Å². The van der Waals surface area contributed by atoms with E-state index in [1.807, 2.05) is 21.1 Å². The number of aliphatic carboxylic acids is 1. The van der Waals surface area contributed by atoms with Gasteiger partial charge in [-0.3, -0.25) is 9.59 Å². The molecule has 600 valence electrons. The Hall–Kier alpha value is -3.53. The molecule has 0 fully saturated rings. The first-order valence-corrected chi connectivity index (χ1v) is 44.7. The van der Waals surface area contributed by atoms with Gasteiger partial charge in [0.05, 0.1) is 40.3 Å². The van der Waals surface area contributed by atoms with Gasteiger partial charge in [-0.1, -0.05) is 420 Å². The summed E-state index contributed by atoms with van der Waals surface area (Å²) >= 11 is 0. The topological polar surface area (TPSA) is 111 Å². The third kappa shape index (κ3) is 85.6. The van der Waals surface area contributed by atoms with Gasteiger partial charge in [0.1, 0.15) is 13.2 Å². The summed E-state index contributed by atoms with van der Waals surface area (Å²) in [6.45, 7) is 4.69. The van der Waals surface area contributed by atoms with Gasteiger partial charge in [0.25, 0.3) is 0 Å². The van der Waals surface area contributed by atoms with Crippen molar-refractivity contribution in [3.05, 3.63) is 85.1 Å². The van der Waals surface area contributed by atoms with Crippen molar-refractivity contribution in [1.82, 2.24) is 0 Å². The Morgan fingerprint density at radius 1 is 0.301 bits per heavy atom. The highest BCUT2D eigenvalue weighted by Crippen LogP contribution is 2.20. The molecule has 0 N–H and O–H groups in total. The maximum atomic E-state index is 13.0. The molecule has 0 radical (unpaired) electrons. The number of nitrogens with zero attached hydrogens (tertiary/aromatic N) is 1. The van der Waals surface area contributed by atoms with Crippen molar-refractivity contribution in [1.29, 1.82) is 0 Å². The Morgan fingerprint density at radius 3 is 0.825 bits per heavy atom. The van der Waals surface area contributed by atoms with Gasteiger partial charge in [0, 0.05) is 12.8 Å². The molecule has 0 rings (SSSR count). The Morgan fingerprint density at radius 2 is 0.553 bits per heavy atom. The monoisotopic (exact) mass is 1440 g/mol. The van der Waals surface area contributed by atoms with E-state index >= 15 is 0 Å². The number of rotatable bonds is 84. The molecule has 0 saturated heterocycles. The van der Waals surface area contributed by atoms with Crippen molar-refractivity contribution in [2.45, 2.75) is 450 Å². The largest absolute Gasteiger partial charge is 0.545 e. The van der Waals surface area contributed by atoms with Crippen LogP contribution in [0.3, 0.4) is 0 Å². The third-order valence-corrected chi connectivity index (χ3v) is 20.1. The van der Waals surface area contributed by atoms with Gasteiger partial charge in [0.2, 0.25) is 0 Å². The number of hydrogen-bond acceptors (Lipinski definition) is 8. The molecular weight excluding hydrogens is 1270 g/mol. The van der Waals surface area contributed by atoms with Crippen molar-refractivity contribution >= 4 is 17.9 Å². The van der Waals surface area contributed by atoms with Crippen LogP contribution in [0.25, 0.3) is 0 Å². The minimum absolute atomic E-state index is 0.149. The van der Waals surface area contributed by atoms with Crippen LogP contribution in [0.5, 0.6) is 0 Å². The zero-order chi connectivity index (χ0) is 74.6. The van der Waals surface area contributed by atoms with Gasteiger partial charge >= 0.3 is 11.9 Å². The number of carbonyl (C=O) groups excluding carboxylic acids is 3. The number of likely N-dealkylation sites (N-methyl/N-ethyl adjacent to an activating group) is 1. The van der Waals surface area contributed by atoms with Crippen LogP contribution in [0.15, 0.2) is 85.1 Å². The summed E-state index contributed by atoms with van der Waals surface area (Å²) in [4.78, 5) is 37.7. The molecule has 0 spiro atoms. The normalized spacial score (nSPS) is 13.0. The lowest BCUT2D eigenvalue weighted by Crippen LogP contribution is -2.44. The van der Waals surface area contributed by atoms with E-state index in [9.17, 15) is 19.5 Å². The van der Waals surface area contributed by atoms with E-state index in [1.165, 1.54) is 334 Å². The highest BCUT2D eigenvalue weighted by atomic mass is 16.7. The second-order valence-corrected chi connectivity index (χ2v) is 31.5. The summed E-state index contributed by atoms with van der Waals surface area (Å²) in [5.74, 6) is -2.25. The molecule has 0 heterocycles. The predicted molar refractivity (Wildman–Crippen MR) is 444 cm³/mol. The zero-order valence-corrected chi connectivity index (χ0v) is 68.9. The molecular formula is C94H171NO8. The number of unbranched alkanes of at least 4 members (excludes halogenated alkanes) is 55. The molecule has 0 amide bonds. The van der Waals surface area contributed by atoms with E-state index in [4.69, 9.17) is 18.9 Å². The quantitative estimate of drug-likeness (QED) is 0.0195. The number of carboxylic acid groups (broad SMARTS) is 1. The molecule has 0 aliphatic heterocycles. The van der Waals surface area contributed by atoms with Gasteiger partial charge in [-0.25, -0.2) is 0 Å². The van der Waals surface area contributed by atoms with Gasteiger partial charge in [0.15, 0.2) is 12.4 Å². The van der Waals surface area contributed by atoms with Gasteiger partial charge < -0.3 is 33.3 Å². The lowest BCUT2D eigenvalue weighted by atomic mass is 10.0. The fraction of sp³-hybridized carbons (Fsp3) is 0.819. The molecule has 0 bridgehead atoms. The first-order chi connectivity index (χ1) is 50.6. The highest BCUT2D eigenvalue weighted by molar-refractivity contribution is 5.70. The average molecular weight is 1440 g/mol. The van der Waals surface area contributed by atoms with Crippen molar-refractivity contribution in [3.8, 4) is 0 Å². The van der Waals surface area contributed by atoms with Gasteiger partial charge in [-0.2, -0.15) is 0 Å². The third-order valence-electron chi connectivity index (χ3n) is 20.1. The summed E-state index contributed by atoms with van der Waals surface area (Å²) in [6, 6.07) is 0. The Balaban J connectivity index is 3.90. The molecule has 9 nitrogen and oxygen atoms in total. The second kappa shape index (κ2) is 84.1. The van der Waals surface area contributed by atoms with E-state index in [1.54, 1.807) is 0 Å². The van der Waals surface area contributed by atoms with Crippen LogP contribution < -0.4 is 5.11 Å². The van der Waals surface area contributed by atoms with E-state index in [2.05, 4.69) is 98.9 Å². The minimum atomic E-state index is -1.62. The number of hydrogen-bond donors (Lipinski definition) is 0. The average Bonchev–Trinajstić information content (AvgIpc) is 1.16. The summed E-state index contributed by atoms with van der Waals surface area (Å²) in [5, 5.41) is 11.9. The van der Waals surface area contributed by atoms with Crippen LogP contribution in [0, 0.1) is 0 Å². The van der Waals surface area contributed by atoms with Crippen LogP contribution in [-0.4, -0.2) is 82.3 Å². The predicted octanol–water partition coefficient (Wildman–Crippen LogP) is 27.9. The fourth-order valence-corrected chi connectivity index (χ4v) is 13.4. The first-order valence-electron chi connectivity index (χ1n) is 44.7. The van der Waals surface area contributed by atoms with Crippen LogP contribution in [0.1, 0.15) is 438 Å². The van der Waals surface area contributed by atoms with Crippen LogP contribution in [0.4, 0.5) is 0 Å². The molecule has 2 unspecified atom stereocenters. The molecule has 0 saturated carbocycles. The maximum Gasteiger partial charge on any atom is 0.306 e. The van der Waals surface area contributed by atoms with Crippen molar-refractivity contribution in [3.63, 3.8) is 0 Å². The number of esters is 2. The van der Waals surface area contributed by atoms with Crippen molar-refractivity contribution in [2.24, 2.45) is 0 Å². The lowest BCUT2D eigenvalue weighted by molar-refractivity contribution is -0.870. The smallest absolute Gasteiger partial charge is 0.306 e. The number of allylic oxidation sites excluding steroid dienone is 14. The number of quaternary nitrogens is 1. The van der Waals surface area contributed by atoms with Crippen LogP contribution in [0.2, 0.25) is 0 Å². The highest BCUT2D eigenvalue weighted by Gasteiger charge is 2.22. The van der Waals surface area contributed by atoms with Crippen molar-refractivity contribution < 1.29 is 42.9 Å². The minimum Gasteiger partial charge on any atom is -0.545 e. The van der Waals surface area contributed by atoms with Crippen molar-refractivity contribution in [2.75, 3.05) is 47.5 Å². The zero-order valence-electron chi connectivity index (χ0n) is 68.9. The van der Waals surface area contributed by atoms with E-state index in [-0.39, 0.29) is 32.2 Å². The van der Waals surface area contributed by atoms with E-state index in [0.717, 1.165) is 70.6 Å². The molecule has 9 heteroatoms. The number of carbonyl (C=O) groups is 3. The Labute approximate surface area is 640 Å². The Kier molecular flexibility index (Phi) is 81.2. The number of ether oxygens (including phenoxy) is 4. The molecule has 0 aromatic rings. The fourth-order valence-electron chi connectivity index (χ4n) is 13.4. The molecule has 103 heavy (non-hydrogen) atoms. The van der Waals surface area contributed by atoms with Gasteiger partial charge in [-0.05, 0) is 89.9 Å². The molecule has 0 aromatic carbocycles. The Bertz CT molecular complexity index is 1980. The summed E-state index contributed by atoms with van der Waals surface area (Å²) in [6.07, 6.45) is 113. The first kappa shape index (κ1) is 99.5. The summed E-state index contributed by atoms with van der Waals surface area (Å²) in [7, 11) is 5.95. The van der Waals surface area contributed by atoms with Crippen LogP contribution >= 0.6 is 0 Å². The van der Waals surface area contributed by atoms with Crippen LogP contribution in [-0.2, 0) is 33.3 Å². The lowest BCUT2D eigenvalue weighted by Gasteiger charge is -2.26. The van der Waals surface area contributed by atoms with E-state index < -0.39 is 24.3 Å². The number of carboxylic acids is 1. The molecule has 2 atom stereocenters. The maximum absolute atomic E-state index is 13.0. The summed E-state index contributed by atoms with van der Waals surface area (Å²) < 4.78 is 22.9. The standard InChI is InChI=1S/C94H171NO8/c1-6-8-10-12-14-16-18-20-22-24-26-28-30-32-34-36-38-40-42-44-45-46-47-49-50-52-54-56-58-60-62-64-66-68-70-72-74-76-78-80-82-84-91(96)101-88-90(89-102-94(93(98)99)100-87-86-95(3,4)5)103-92(97)85-83-81-79-77-75-73-71-69-67-65-63-61-59-57-55-53-51-48-43-41-39-37-35-33-31-29-27-25-23-21-19-17-15-13-11-9-7-2/h9,11,15,17-18,20-21,23-24,26-27,29,33,35,90,94H,6-8,10,12-14,16,19,22,25,28,30-32,34,36-89H2,1-5H3/b11-9-,17-15-,20-18-,23-21-,26-24-,29-27-,35-33-. The second-order valence-electron chi connectivity index (χ2n) is 31.5. The van der Waals surface area contributed by atoms with E-state index in [0.29, 0.717) is 23.9 Å².